The number of rotatable bonds is 8. The fourth-order valence-electron chi connectivity index (χ4n) is 5.49. The van der Waals surface area contributed by atoms with E-state index in [1.165, 1.54) is 31.2 Å². The van der Waals surface area contributed by atoms with Crippen LogP contribution in [0.15, 0.2) is 30.3 Å². The minimum atomic E-state index is -0.712. The highest BCUT2D eigenvalue weighted by Gasteiger charge is 2.42. The summed E-state index contributed by atoms with van der Waals surface area (Å²) in [6, 6.07) is 14.0. The van der Waals surface area contributed by atoms with E-state index in [4.69, 9.17) is 5.11 Å². The van der Waals surface area contributed by atoms with Crippen molar-refractivity contribution in [3.05, 3.63) is 35.9 Å². The van der Waals surface area contributed by atoms with Gasteiger partial charge in [0.1, 0.15) is 0 Å². The van der Waals surface area contributed by atoms with E-state index in [0.29, 0.717) is 18.1 Å². The minimum Gasteiger partial charge on any atom is -0.480 e. The van der Waals surface area contributed by atoms with Gasteiger partial charge in [-0.05, 0) is 50.6 Å². The molecule has 2 saturated heterocycles. The van der Waals surface area contributed by atoms with Crippen molar-refractivity contribution in [2.45, 2.75) is 82.2 Å². The molecule has 0 aromatic heterocycles. The lowest BCUT2D eigenvalue weighted by atomic mass is 9.83. The topological polar surface area (TPSA) is 55.8 Å². The van der Waals surface area contributed by atoms with E-state index < -0.39 is 5.97 Å². The Morgan fingerprint density at radius 1 is 1.11 bits per heavy atom. The molecule has 0 amide bonds. The van der Waals surface area contributed by atoms with Crippen LogP contribution in [0.5, 0.6) is 0 Å². The molecule has 2 heterocycles. The molecule has 1 aliphatic carbocycles. The van der Waals surface area contributed by atoms with Gasteiger partial charge in [-0.2, -0.15) is 0 Å². The van der Waals surface area contributed by atoms with E-state index in [-0.39, 0.29) is 6.54 Å². The summed E-state index contributed by atoms with van der Waals surface area (Å²) < 4.78 is 0. The number of carboxylic acids is 1. The van der Waals surface area contributed by atoms with E-state index in [9.17, 15) is 4.79 Å². The molecule has 3 fully saturated rings. The highest BCUT2D eigenvalue weighted by molar-refractivity contribution is 5.69. The number of nitrogens with zero attached hydrogens (tertiary/aromatic N) is 2. The van der Waals surface area contributed by atoms with Gasteiger partial charge in [0.05, 0.1) is 6.54 Å². The molecule has 0 spiro atoms. The third kappa shape index (κ3) is 4.36. The van der Waals surface area contributed by atoms with Crippen LogP contribution in [0.1, 0.15) is 51.0 Å². The van der Waals surface area contributed by atoms with Crippen LogP contribution in [-0.2, 0) is 11.3 Å². The second kappa shape index (κ2) is 8.29. The molecule has 4 rings (SSSR count). The maximum absolute atomic E-state index is 11.0. The number of carboxylic acid groups (broad SMARTS) is 1. The van der Waals surface area contributed by atoms with Crippen LogP contribution in [0.3, 0.4) is 0 Å². The van der Waals surface area contributed by atoms with E-state index in [0.717, 1.165) is 38.0 Å². The van der Waals surface area contributed by atoms with Crippen LogP contribution in [-0.4, -0.2) is 64.2 Å². The van der Waals surface area contributed by atoms with Crippen molar-refractivity contribution in [2.75, 3.05) is 13.1 Å². The Morgan fingerprint density at radius 2 is 1.74 bits per heavy atom. The minimum absolute atomic E-state index is 0.176. The molecule has 1 aromatic rings. The quantitative estimate of drug-likeness (QED) is 0.736. The zero-order chi connectivity index (χ0) is 18.8. The SMILES string of the molecule is CCN(CC(=O)O)C1CC(NC2CC3CCC(C2)N3Cc2ccccc2)C1. The molecule has 2 N–H and O–H groups in total. The summed E-state index contributed by atoms with van der Waals surface area (Å²) in [5, 5.41) is 12.9. The Balaban J connectivity index is 1.25. The molecule has 1 aromatic carbocycles. The van der Waals surface area contributed by atoms with Crippen molar-refractivity contribution in [2.24, 2.45) is 0 Å². The number of fused-ring (bicyclic) bond motifs is 2. The highest BCUT2D eigenvalue weighted by atomic mass is 16.4. The molecular formula is C22H33N3O2. The Bertz CT molecular complexity index is 618. The van der Waals surface area contributed by atoms with Crippen molar-refractivity contribution in [1.29, 1.82) is 0 Å². The van der Waals surface area contributed by atoms with Gasteiger partial charge in [-0.1, -0.05) is 37.3 Å². The van der Waals surface area contributed by atoms with Gasteiger partial charge in [0.2, 0.25) is 0 Å². The zero-order valence-corrected chi connectivity index (χ0v) is 16.4. The number of hydrogen-bond donors (Lipinski definition) is 2. The average Bonchev–Trinajstić information content (AvgIpc) is 2.86. The lowest BCUT2D eigenvalue weighted by molar-refractivity contribution is -0.139. The molecule has 3 aliphatic rings. The first-order chi connectivity index (χ1) is 13.1. The number of piperidine rings is 1. The first kappa shape index (κ1) is 18.9. The molecular weight excluding hydrogens is 338 g/mol. The lowest BCUT2D eigenvalue weighted by Gasteiger charge is -2.46. The van der Waals surface area contributed by atoms with Crippen LogP contribution in [0.4, 0.5) is 0 Å². The van der Waals surface area contributed by atoms with Crippen molar-refractivity contribution in [3.63, 3.8) is 0 Å². The van der Waals surface area contributed by atoms with Crippen molar-refractivity contribution < 1.29 is 9.90 Å². The average molecular weight is 372 g/mol. The van der Waals surface area contributed by atoms with Crippen LogP contribution in [0.25, 0.3) is 0 Å². The van der Waals surface area contributed by atoms with Crippen molar-refractivity contribution >= 4 is 5.97 Å². The Morgan fingerprint density at radius 3 is 2.33 bits per heavy atom. The van der Waals surface area contributed by atoms with Gasteiger partial charge in [-0.25, -0.2) is 0 Å². The molecule has 148 valence electrons. The predicted molar refractivity (Wildman–Crippen MR) is 107 cm³/mol. The van der Waals surface area contributed by atoms with Gasteiger partial charge < -0.3 is 10.4 Å². The van der Waals surface area contributed by atoms with Crippen LogP contribution in [0, 0.1) is 0 Å². The van der Waals surface area contributed by atoms with Gasteiger partial charge in [-0.15, -0.1) is 0 Å². The molecule has 2 aliphatic heterocycles. The predicted octanol–water partition coefficient (Wildman–Crippen LogP) is 2.71. The first-order valence-corrected chi connectivity index (χ1v) is 10.6. The van der Waals surface area contributed by atoms with Gasteiger partial charge in [0, 0.05) is 36.8 Å². The van der Waals surface area contributed by atoms with Gasteiger partial charge in [-0.3, -0.25) is 14.6 Å². The Hall–Kier alpha value is -1.43. The second-order valence-corrected chi connectivity index (χ2v) is 8.66. The monoisotopic (exact) mass is 371 g/mol. The van der Waals surface area contributed by atoms with E-state index >= 15 is 0 Å². The Labute approximate surface area is 162 Å². The molecule has 2 unspecified atom stereocenters. The summed E-state index contributed by atoms with van der Waals surface area (Å²) in [5.41, 5.74) is 1.43. The standard InChI is InChI=1S/C22H33N3O2/c1-2-24(15-22(26)27)21-12-18(13-21)23-17-10-19-8-9-20(11-17)25(19)14-16-6-4-3-5-7-16/h3-7,17-21,23H,2,8-15H2,1H3,(H,26,27). The second-order valence-electron chi connectivity index (χ2n) is 8.66. The Kier molecular flexibility index (Phi) is 5.81. The summed E-state index contributed by atoms with van der Waals surface area (Å²) in [6.45, 7) is 4.15. The fraction of sp³-hybridized carbons (Fsp3) is 0.682. The van der Waals surface area contributed by atoms with E-state index in [1.54, 1.807) is 0 Å². The normalized spacial score (nSPS) is 33.2. The number of aliphatic carboxylic acids is 1. The first-order valence-electron chi connectivity index (χ1n) is 10.6. The van der Waals surface area contributed by atoms with Crippen LogP contribution >= 0.6 is 0 Å². The summed E-state index contributed by atoms with van der Waals surface area (Å²) >= 11 is 0. The fourth-order valence-corrected chi connectivity index (χ4v) is 5.49. The molecule has 2 bridgehead atoms. The van der Waals surface area contributed by atoms with Gasteiger partial charge >= 0.3 is 5.97 Å². The number of benzene rings is 1. The number of carbonyl (C=O) groups is 1. The molecule has 1 saturated carbocycles. The van der Waals surface area contributed by atoms with Crippen molar-refractivity contribution in [1.82, 2.24) is 15.1 Å². The summed E-state index contributed by atoms with van der Waals surface area (Å²) in [4.78, 5) is 15.8. The van der Waals surface area contributed by atoms with Gasteiger partial charge in [0.15, 0.2) is 0 Å². The van der Waals surface area contributed by atoms with E-state index in [2.05, 4.69) is 52.4 Å². The molecule has 2 atom stereocenters. The van der Waals surface area contributed by atoms with E-state index in [1.807, 2.05) is 0 Å². The van der Waals surface area contributed by atoms with Crippen LogP contribution in [0.2, 0.25) is 0 Å². The zero-order valence-electron chi connectivity index (χ0n) is 16.4. The highest BCUT2D eigenvalue weighted by Crippen LogP contribution is 2.38. The maximum atomic E-state index is 11.0. The van der Waals surface area contributed by atoms with Crippen molar-refractivity contribution in [3.8, 4) is 0 Å². The molecule has 5 nitrogen and oxygen atoms in total. The lowest BCUT2D eigenvalue weighted by Crippen LogP contribution is -2.58. The molecule has 27 heavy (non-hydrogen) atoms. The summed E-state index contributed by atoms with van der Waals surface area (Å²) in [7, 11) is 0. The largest absolute Gasteiger partial charge is 0.480 e. The number of nitrogens with one attached hydrogen (secondary N) is 1. The third-order valence-corrected chi connectivity index (χ3v) is 6.94. The number of hydrogen-bond acceptors (Lipinski definition) is 4. The number of likely N-dealkylation sites (N-methyl/N-ethyl adjacent to an activating group) is 1. The third-order valence-electron chi connectivity index (χ3n) is 6.94. The van der Waals surface area contributed by atoms with Gasteiger partial charge in [0.25, 0.3) is 0 Å². The van der Waals surface area contributed by atoms with Crippen LogP contribution < -0.4 is 5.32 Å². The molecule has 0 radical (unpaired) electrons. The summed E-state index contributed by atoms with van der Waals surface area (Å²) in [6.07, 6.45) is 7.39. The maximum Gasteiger partial charge on any atom is 0.317 e. The smallest absolute Gasteiger partial charge is 0.317 e. The molecule has 5 heteroatoms. The summed E-state index contributed by atoms with van der Waals surface area (Å²) in [5.74, 6) is -0.712.